The standard InChI is InChI=1S/C11H13ClF3NO2S/c1-7(2)6-16-19(17,18)10-4-3-8(12)5-9(10)11(13,14)15/h3-5,7,16H,6H2,1-2H3. The first-order valence-electron chi connectivity index (χ1n) is 5.40. The van der Waals surface area contributed by atoms with Crippen LogP contribution in [0.15, 0.2) is 23.1 Å². The van der Waals surface area contributed by atoms with Crippen LogP contribution in [0.4, 0.5) is 13.2 Å². The Kier molecular flexibility index (Phi) is 4.86. The first-order valence-corrected chi connectivity index (χ1v) is 7.26. The monoisotopic (exact) mass is 315 g/mol. The van der Waals surface area contributed by atoms with Gasteiger partial charge in [-0.05, 0) is 24.1 Å². The van der Waals surface area contributed by atoms with E-state index in [2.05, 4.69) is 4.72 Å². The first-order chi connectivity index (χ1) is 8.54. The highest BCUT2D eigenvalue weighted by atomic mass is 35.5. The molecule has 0 radical (unpaired) electrons. The molecule has 1 rings (SSSR count). The summed E-state index contributed by atoms with van der Waals surface area (Å²) in [6, 6.07) is 2.57. The summed E-state index contributed by atoms with van der Waals surface area (Å²) in [6.45, 7) is 3.55. The summed E-state index contributed by atoms with van der Waals surface area (Å²) in [5, 5.41) is -0.171. The van der Waals surface area contributed by atoms with Gasteiger partial charge in [-0.25, -0.2) is 13.1 Å². The topological polar surface area (TPSA) is 46.2 Å². The second-order valence-electron chi connectivity index (χ2n) is 4.38. The minimum absolute atomic E-state index is 0.0172. The van der Waals surface area contributed by atoms with Crippen LogP contribution in [0.1, 0.15) is 19.4 Å². The maximum atomic E-state index is 12.8. The lowest BCUT2D eigenvalue weighted by molar-refractivity contribution is -0.139. The van der Waals surface area contributed by atoms with Gasteiger partial charge in [0.2, 0.25) is 10.0 Å². The Morgan fingerprint density at radius 2 is 1.89 bits per heavy atom. The molecular formula is C11H13ClF3NO2S. The normalized spacial score (nSPS) is 13.0. The molecule has 0 aromatic heterocycles. The highest BCUT2D eigenvalue weighted by molar-refractivity contribution is 7.89. The molecule has 1 aromatic rings. The maximum absolute atomic E-state index is 12.8. The first kappa shape index (κ1) is 16.3. The number of nitrogens with one attached hydrogen (secondary N) is 1. The molecule has 0 aliphatic heterocycles. The van der Waals surface area contributed by atoms with Crippen molar-refractivity contribution in [3.8, 4) is 0 Å². The Morgan fingerprint density at radius 1 is 1.32 bits per heavy atom. The Balaban J connectivity index is 3.27. The minimum Gasteiger partial charge on any atom is -0.211 e. The van der Waals surface area contributed by atoms with E-state index in [9.17, 15) is 21.6 Å². The lowest BCUT2D eigenvalue weighted by Crippen LogP contribution is -2.29. The van der Waals surface area contributed by atoms with Gasteiger partial charge in [0.05, 0.1) is 10.5 Å². The van der Waals surface area contributed by atoms with Crippen molar-refractivity contribution in [2.24, 2.45) is 5.92 Å². The van der Waals surface area contributed by atoms with E-state index in [4.69, 9.17) is 11.6 Å². The van der Waals surface area contributed by atoms with Crippen LogP contribution >= 0.6 is 11.6 Å². The highest BCUT2D eigenvalue weighted by Crippen LogP contribution is 2.35. The van der Waals surface area contributed by atoms with Crippen LogP contribution in [-0.4, -0.2) is 15.0 Å². The van der Waals surface area contributed by atoms with Crippen molar-refractivity contribution in [2.75, 3.05) is 6.54 Å². The van der Waals surface area contributed by atoms with E-state index in [0.717, 1.165) is 12.1 Å². The van der Waals surface area contributed by atoms with Gasteiger partial charge in [0.1, 0.15) is 0 Å². The molecule has 108 valence electrons. The molecule has 0 heterocycles. The molecule has 3 nitrogen and oxygen atoms in total. The number of sulfonamides is 1. The minimum atomic E-state index is -4.78. The molecule has 0 spiro atoms. The number of halogens is 4. The molecule has 0 saturated heterocycles. The number of benzene rings is 1. The summed E-state index contributed by atoms with van der Waals surface area (Å²) in [7, 11) is -4.21. The van der Waals surface area contributed by atoms with Crippen LogP contribution in [0.3, 0.4) is 0 Å². The van der Waals surface area contributed by atoms with Gasteiger partial charge in [0.15, 0.2) is 0 Å². The summed E-state index contributed by atoms with van der Waals surface area (Å²) in [4.78, 5) is -0.815. The van der Waals surface area contributed by atoms with Gasteiger partial charge >= 0.3 is 6.18 Å². The van der Waals surface area contributed by atoms with Gasteiger partial charge in [0, 0.05) is 11.6 Å². The average molecular weight is 316 g/mol. The number of hydrogen-bond acceptors (Lipinski definition) is 2. The predicted molar refractivity (Wildman–Crippen MR) is 66.5 cm³/mol. The second kappa shape index (κ2) is 5.68. The molecule has 0 saturated carbocycles. The van der Waals surface area contributed by atoms with Crippen LogP contribution in [-0.2, 0) is 16.2 Å². The van der Waals surface area contributed by atoms with Crippen LogP contribution in [0, 0.1) is 5.92 Å². The van der Waals surface area contributed by atoms with Crippen molar-refractivity contribution in [3.63, 3.8) is 0 Å². The van der Waals surface area contributed by atoms with E-state index in [-0.39, 0.29) is 17.5 Å². The Labute approximate surface area is 114 Å². The molecule has 0 atom stereocenters. The number of alkyl halides is 3. The molecule has 0 amide bonds. The summed E-state index contributed by atoms with van der Waals surface area (Å²) in [6.07, 6.45) is -4.78. The molecule has 0 bridgehead atoms. The molecule has 0 aliphatic carbocycles. The van der Waals surface area contributed by atoms with Gasteiger partial charge in [-0.2, -0.15) is 13.2 Å². The molecule has 8 heteroatoms. The maximum Gasteiger partial charge on any atom is 0.417 e. The summed E-state index contributed by atoms with van der Waals surface area (Å²) in [5.41, 5.74) is -1.27. The van der Waals surface area contributed by atoms with E-state index in [1.54, 1.807) is 13.8 Å². The molecule has 0 unspecified atom stereocenters. The zero-order valence-electron chi connectivity index (χ0n) is 10.3. The Bertz CT molecular complexity index is 556. The van der Waals surface area contributed by atoms with Crippen molar-refractivity contribution in [1.82, 2.24) is 4.72 Å². The fraction of sp³-hybridized carbons (Fsp3) is 0.455. The zero-order valence-corrected chi connectivity index (χ0v) is 11.8. The van der Waals surface area contributed by atoms with E-state index in [1.165, 1.54) is 0 Å². The summed E-state index contributed by atoms with van der Waals surface area (Å²) < 4.78 is 64.3. The predicted octanol–water partition coefficient (Wildman–Crippen LogP) is 3.29. The quantitative estimate of drug-likeness (QED) is 0.926. The van der Waals surface area contributed by atoms with Crippen molar-refractivity contribution >= 4 is 21.6 Å². The largest absolute Gasteiger partial charge is 0.417 e. The molecule has 0 aliphatic rings. The van der Waals surface area contributed by atoms with Gasteiger partial charge in [-0.3, -0.25) is 0 Å². The van der Waals surface area contributed by atoms with Crippen molar-refractivity contribution in [1.29, 1.82) is 0 Å². The lowest BCUT2D eigenvalue weighted by atomic mass is 10.2. The number of hydrogen-bond donors (Lipinski definition) is 1. The smallest absolute Gasteiger partial charge is 0.211 e. The van der Waals surface area contributed by atoms with Crippen molar-refractivity contribution in [3.05, 3.63) is 28.8 Å². The van der Waals surface area contributed by atoms with E-state index >= 15 is 0 Å². The molecule has 19 heavy (non-hydrogen) atoms. The lowest BCUT2D eigenvalue weighted by Gasteiger charge is -2.15. The molecule has 1 aromatic carbocycles. The van der Waals surface area contributed by atoms with Crippen molar-refractivity contribution in [2.45, 2.75) is 24.9 Å². The van der Waals surface area contributed by atoms with Crippen LogP contribution < -0.4 is 4.72 Å². The fourth-order valence-corrected chi connectivity index (χ4v) is 2.90. The third-order valence-electron chi connectivity index (χ3n) is 2.22. The fourth-order valence-electron chi connectivity index (χ4n) is 1.31. The molecule has 0 fully saturated rings. The summed E-state index contributed by atoms with van der Waals surface area (Å²) in [5.74, 6) is -0.0172. The second-order valence-corrected chi connectivity index (χ2v) is 6.56. The van der Waals surface area contributed by atoms with E-state index in [1.807, 2.05) is 0 Å². The molecule has 1 N–H and O–H groups in total. The van der Waals surface area contributed by atoms with Gasteiger partial charge in [0.25, 0.3) is 0 Å². The number of rotatable bonds is 4. The van der Waals surface area contributed by atoms with Crippen LogP contribution in [0.2, 0.25) is 5.02 Å². The Hall–Kier alpha value is -0.790. The van der Waals surface area contributed by atoms with Gasteiger partial charge in [-0.1, -0.05) is 25.4 Å². The van der Waals surface area contributed by atoms with Crippen LogP contribution in [0.5, 0.6) is 0 Å². The van der Waals surface area contributed by atoms with Gasteiger partial charge < -0.3 is 0 Å². The third-order valence-corrected chi connectivity index (χ3v) is 3.93. The van der Waals surface area contributed by atoms with E-state index < -0.39 is 26.7 Å². The van der Waals surface area contributed by atoms with Crippen LogP contribution in [0.25, 0.3) is 0 Å². The third kappa shape index (κ3) is 4.36. The van der Waals surface area contributed by atoms with Gasteiger partial charge in [-0.15, -0.1) is 0 Å². The van der Waals surface area contributed by atoms with Crippen molar-refractivity contribution < 1.29 is 21.6 Å². The molecular weight excluding hydrogens is 303 g/mol. The van der Waals surface area contributed by atoms with E-state index in [0.29, 0.717) is 6.07 Å². The highest BCUT2D eigenvalue weighted by Gasteiger charge is 2.37. The SMILES string of the molecule is CC(C)CNS(=O)(=O)c1ccc(Cl)cc1C(F)(F)F. The average Bonchev–Trinajstić information content (AvgIpc) is 2.25. The zero-order chi connectivity index (χ0) is 14.8. The Morgan fingerprint density at radius 3 is 2.37 bits per heavy atom. The summed E-state index contributed by atoms with van der Waals surface area (Å²) >= 11 is 5.49.